The summed E-state index contributed by atoms with van der Waals surface area (Å²) in [6.45, 7) is 5.92. The van der Waals surface area contributed by atoms with E-state index in [1.54, 1.807) is 42.0 Å². The predicted octanol–water partition coefficient (Wildman–Crippen LogP) is 4.18. The molecular weight excluding hydrogens is 494 g/mol. The summed E-state index contributed by atoms with van der Waals surface area (Å²) in [6.07, 6.45) is 0.552. The lowest BCUT2D eigenvalue weighted by Crippen LogP contribution is -2.50. The Morgan fingerprint density at radius 1 is 0.974 bits per heavy atom. The lowest BCUT2D eigenvalue weighted by atomic mass is 9.99. The van der Waals surface area contributed by atoms with Gasteiger partial charge >= 0.3 is 0 Å². The molecule has 9 heteroatoms. The van der Waals surface area contributed by atoms with Crippen molar-refractivity contribution in [2.45, 2.75) is 45.3 Å². The van der Waals surface area contributed by atoms with E-state index in [-0.39, 0.29) is 24.9 Å². The van der Waals surface area contributed by atoms with Crippen LogP contribution in [0.25, 0.3) is 11.0 Å². The van der Waals surface area contributed by atoms with E-state index in [9.17, 15) is 9.59 Å². The number of amides is 2. The van der Waals surface area contributed by atoms with Gasteiger partial charge in [0.2, 0.25) is 11.8 Å². The second kappa shape index (κ2) is 12.0. The Morgan fingerprint density at radius 3 is 2.38 bits per heavy atom. The second-order valence-electron chi connectivity index (χ2n) is 10.3. The molecule has 4 rings (SSSR count). The SMILES string of the molecule is COc1ccc(OC)c(C(C(=O)NC(C)(C)C)N(CCc2ccccc2)C(=O)Cn2nnc3ccccc32)c1. The maximum atomic E-state index is 14.1. The third-order valence-corrected chi connectivity index (χ3v) is 6.30. The zero-order chi connectivity index (χ0) is 28.0. The van der Waals surface area contributed by atoms with Crippen molar-refractivity contribution in [2.24, 2.45) is 0 Å². The molecule has 0 saturated heterocycles. The summed E-state index contributed by atoms with van der Waals surface area (Å²) in [4.78, 5) is 29.7. The number of rotatable bonds is 10. The van der Waals surface area contributed by atoms with Gasteiger partial charge in [0.05, 0.1) is 19.7 Å². The summed E-state index contributed by atoms with van der Waals surface area (Å²) >= 11 is 0. The molecule has 0 bridgehead atoms. The molecule has 1 heterocycles. The molecular formula is C30H35N5O4. The molecule has 0 spiro atoms. The summed E-state index contributed by atoms with van der Waals surface area (Å²) in [5, 5.41) is 11.5. The summed E-state index contributed by atoms with van der Waals surface area (Å²) in [6, 6.07) is 21.6. The number of carbonyl (C=O) groups excluding carboxylic acids is 2. The van der Waals surface area contributed by atoms with E-state index >= 15 is 0 Å². The van der Waals surface area contributed by atoms with Gasteiger partial charge in [-0.1, -0.05) is 47.7 Å². The summed E-state index contributed by atoms with van der Waals surface area (Å²) < 4.78 is 12.7. The lowest BCUT2D eigenvalue weighted by Gasteiger charge is -2.34. The number of hydrogen-bond acceptors (Lipinski definition) is 6. The summed E-state index contributed by atoms with van der Waals surface area (Å²) in [5.41, 5.74) is 2.48. The number of hydrogen-bond donors (Lipinski definition) is 1. The Labute approximate surface area is 228 Å². The van der Waals surface area contributed by atoms with Crippen LogP contribution in [-0.2, 0) is 22.6 Å². The van der Waals surface area contributed by atoms with Gasteiger partial charge in [0, 0.05) is 17.6 Å². The number of aromatic nitrogens is 3. The van der Waals surface area contributed by atoms with Crippen molar-refractivity contribution in [2.75, 3.05) is 20.8 Å². The maximum absolute atomic E-state index is 14.1. The highest BCUT2D eigenvalue weighted by molar-refractivity contribution is 5.90. The van der Waals surface area contributed by atoms with Crippen molar-refractivity contribution >= 4 is 22.8 Å². The van der Waals surface area contributed by atoms with Crippen molar-refractivity contribution in [3.05, 3.63) is 83.9 Å². The second-order valence-corrected chi connectivity index (χ2v) is 10.3. The average molecular weight is 530 g/mol. The molecule has 1 unspecified atom stereocenters. The van der Waals surface area contributed by atoms with Crippen LogP contribution < -0.4 is 14.8 Å². The number of para-hydroxylation sites is 1. The fourth-order valence-electron chi connectivity index (χ4n) is 4.49. The fourth-order valence-corrected chi connectivity index (χ4v) is 4.49. The van der Waals surface area contributed by atoms with E-state index in [2.05, 4.69) is 15.6 Å². The lowest BCUT2D eigenvalue weighted by molar-refractivity contribution is -0.142. The molecule has 1 N–H and O–H groups in total. The van der Waals surface area contributed by atoms with Crippen LogP contribution in [-0.4, -0.2) is 58.0 Å². The van der Waals surface area contributed by atoms with Crippen LogP contribution in [0.15, 0.2) is 72.8 Å². The first-order valence-corrected chi connectivity index (χ1v) is 12.9. The van der Waals surface area contributed by atoms with Gasteiger partial charge in [-0.25, -0.2) is 4.68 Å². The number of carbonyl (C=O) groups is 2. The van der Waals surface area contributed by atoms with Crippen molar-refractivity contribution < 1.29 is 19.1 Å². The molecule has 9 nitrogen and oxygen atoms in total. The molecule has 0 fully saturated rings. The molecule has 0 aliphatic rings. The fraction of sp³-hybridized carbons (Fsp3) is 0.333. The summed E-state index contributed by atoms with van der Waals surface area (Å²) in [5.74, 6) is 0.435. The third kappa shape index (κ3) is 6.73. The molecule has 4 aromatic rings. The first-order chi connectivity index (χ1) is 18.7. The van der Waals surface area contributed by atoms with Crippen LogP contribution >= 0.6 is 0 Å². The van der Waals surface area contributed by atoms with Gasteiger partial charge in [0.25, 0.3) is 0 Å². The third-order valence-electron chi connectivity index (χ3n) is 6.30. The van der Waals surface area contributed by atoms with Gasteiger partial charge in [-0.3, -0.25) is 9.59 Å². The molecule has 0 saturated carbocycles. The highest BCUT2D eigenvalue weighted by atomic mass is 16.5. The normalized spacial score (nSPS) is 12.1. The molecule has 1 atom stereocenters. The molecule has 0 aliphatic carbocycles. The van der Waals surface area contributed by atoms with Crippen molar-refractivity contribution in [1.82, 2.24) is 25.2 Å². The largest absolute Gasteiger partial charge is 0.497 e. The zero-order valence-corrected chi connectivity index (χ0v) is 23.0. The number of benzene rings is 3. The smallest absolute Gasteiger partial charge is 0.247 e. The van der Waals surface area contributed by atoms with Gasteiger partial charge in [0.15, 0.2) is 0 Å². The van der Waals surface area contributed by atoms with Crippen LogP contribution in [0, 0.1) is 0 Å². The van der Waals surface area contributed by atoms with Gasteiger partial charge in [-0.05, 0) is 63.1 Å². The van der Waals surface area contributed by atoms with Crippen LogP contribution in [0.3, 0.4) is 0 Å². The average Bonchev–Trinajstić information content (AvgIpc) is 3.32. The zero-order valence-electron chi connectivity index (χ0n) is 23.0. The molecule has 3 aromatic carbocycles. The standard InChI is InChI=1S/C30H35N5O4/c1-30(2,3)31-29(37)28(23-19-22(38-4)15-16-26(23)39-5)34(18-17-21-11-7-6-8-12-21)27(36)20-35-25-14-10-9-13-24(25)32-33-35/h6-16,19,28H,17-18,20H2,1-5H3,(H,31,37). The predicted molar refractivity (Wildman–Crippen MR) is 150 cm³/mol. The van der Waals surface area contributed by atoms with E-state index in [0.29, 0.717) is 29.0 Å². The Bertz CT molecular complexity index is 1430. The number of methoxy groups -OCH3 is 2. The first-order valence-electron chi connectivity index (χ1n) is 12.9. The quantitative estimate of drug-likeness (QED) is 0.331. The molecule has 0 aliphatic heterocycles. The minimum Gasteiger partial charge on any atom is -0.497 e. The maximum Gasteiger partial charge on any atom is 0.247 e. The van der Waals surface area contributed by atoms with E-state index < -0.39 is 11.6 Å². The van der Waals surface area contributed by atoms with E-state index in [1.807, 2.05) is 75.4 Å². The Morgan fingerprint density at radius 2 is 1.69 bits per heavy atom. The molecule has 204 valence electrons. The highest BCUT2D eigenvalue weighted by Crippen LogP contribution is 2.34. The monoisotopic (exact) mass is 529 g/mol. The Kier molecular flexibility index (Phi) is 8.49. The van der Waals surface area contributed by atoms with Crippen LogP contribution in [0.4, 0.5) is 0 Å². The topological polar surface area (TPSA) is 98.6 Å². The van der Waals surface area contributed by atoms with Gasteiger partial charge in [-0.15, -0.1) is 5.10 Å². The minimum absolute atomic E-state index is 0.0825. The molecule has 39 heavy (non-hydrogen) atoms. The number of nitrogens with one attached hydrogen (secondary N) is 1. The van der Waals surface area contributed by atoms with Crippen molar-refractivity contribution in [3.8, 4) is 11.5 Å². The van der Waals surface area contributed by atoms with Gasteiger partial charge in [0.1, 0.15) is 29.6 Å². The first kappa shape index (κ1) is 27.6. The number of nitrogens with zero attached hydrogens (tertiary/aromatic N) is 4. The van der Waals surface area contributed by atoms with Crippen molar-refractivity contribution in [3.63, 3.8) is 0 Å². The Balaban J connectivity index is 1.79. The van der Waals surface area contributed by atoms with Gasteiger partial charge in [-0.2, -0.15) is 0 Å². The van der Waals surface area contributed by atoms with Crippen LogP contribution in [0.1, 0.15) is 37.9 Å². The van der Waals surface area contributed by atoms with Gasteiger partial charge < -0.3 is 19.7 Å². The van der Waals surface area contributed by atoms with Crippen LogP contribution in [0.2, 0.25) is 0 Å². The van der Waals surface area contributed by atoms with Crippen LogP contribution in [0.5, 0.6) is 11.5 Å². The number of ether oxygens (including phenoxy) is 2. The van der Waals surface area contributed by atoms with Crippen molar-refractivity contribution in [1.29, 1.82) is 0 Å². The summed E-state index contributed by atoms with van der Waals surface area (Å²) in [7, 11) is 3.10. The molecule has 0 radical (unpaired) electrons. The minimum atomic E-state index is -0.986. The van der Waals surface area contributed by atoms with E-state index in [4.69, 9.17) is 9.47 Å². The number of fused-ring (bicyclic) bond motifs is 1. The Hall–Kier alpha value is -4.40. The molecule has 2 amide bonds. The highest BCUT2D eigenvalue weighted by Gasteiger charge is 2.35. The molecule has 1 aromatic heterocycles. The van der Waals surface area contributed by atoms with E-state index in [0.717, 1.165) is 11.1 Å². The van der Waals surface area contributed by atoms with E-state index in [1.165, 1.54) is 0 Å².